The second-order valence-electron chi connectivity index (χ2n) is 7.44. The normalized spacial score (nSPS) is 16.2. The van der Waals surface area contributed by atoms with Crippen LogP contribution in [0.5, 0.6) is 0 Å². The highest BCUT2D eigenvalue weighted by molar-refractivity contribution is 14.0. The van der Waals surface area contributed by atoms with Crippen LogP contribution in [0.2, 0.25) is 0 Å². The first-order chi connectivity index (χ1) is 11.9. The highest BCUT2D eigenvalue weighted by atomic mass is 127. The van der Waals surface area contributed by atoms with Gasteiger partial charge in [-0.1, -0.05) is 13.0 Å². The molecule has 0 bridgehead atoms. The third-order valence-electron chi connectivity index (χ3n) is 4.83. The maximum atomic E-state index is 5.41. The van der Waals surface area contributed by atoms with Gasteiger partial charge in [0, 0.05) is 46.5 Å². The molecule has 1 aromatic rings. The van der Waals surface area contributed by atoms with Gasteiger partial charge in [-0.2, -0.15) is 0 Å². The van der Waals surface area contributed by atoms with Gasteiger partial charge in [-0.15, -0.1) is 24.0 Å². The van der Waals surface area contributed by atoms with Crippen molar-refractivity contribution in [2.24, 2.45) is 10.9 Å². The Kier molecular flexibility index (Phi) is 9.63. The number of aliphatic imine (C=N–C) groups is 1. The number of nitrogens with zero attached hydrogens (tertiary/aromatic N) is 3. The number of halogens is 1. The summed E-state index contributed by atoms with van der Waals surface area (Å²) in [4.78, 5) is 11.3. The summed E-state index contributed by atoms with van der Waals surface area (Å²) in [6.45, 7) is 10.0. The van der Waals surface area contributed by atoms with E-state index in [-0.39, 0.29) is 29.6 Å². The molecule has 2 heterocycles. The number of nitrogens with one attached hydrogen (secondary N) is 2. The van der Waals surface area contributed by atoms with Crippen molar-refractivity contribution in [3.05, 3.63) is 23.9 Å². The minimum absolute atomic E-state index is 0. The Morgan fingerprint density at radius 2 is 2.00 bits per heavy atom. The summed E-state index contributed by atoms with van der Waals surface area (Å²) in [5, 5.41) is 6.60. The first-order valence-electron chi connectivity index (χ1n) is 9.13. The van der Waals surface area contributed by atoms with Crippen LogP contribution in [0.4, 0.5) is 5.82 Å². The molecule has 1 aliphatic heterocycles. The molecule has 148 valence electrons. The summed E-state index contributed by atoms with van der Waals surface area (Å²) in [6.07, 6.45) is 4.46. The van der Waals surface area contributed by atoms with Crippen LogP contribution in [-0.4, -0.2) is 50.3 Å². The van der Waals surface area contributed by atoms with Gasteiger partial charge in [0.15, 0.2) is 5.96 Å². The van der Waals surface area contributed by atoms with Gasteiger partial charge in [-0.05, 0) is 44.2 Å². The standard InChI is InChI=1S/C19H33N5O.HI/c1-15-8-10-24(11-9-15)17-7-6-16(12-21-17)13-22-18(20-4)23-14-19(2,3)25-5;/h6-7,12,15H,8-11,13-14H2,1-5H3,(H2,20,22,23);1H. The Morgan fingerprint density at radius 3 is 2.54 bits per heavy atom. The van der Waals surface area contributed by atoms with Gasteiger partial charge in [-0.25, -0.2) is 4.98 Å². The molecule has 1 fully saturated rings. The zero-order valence-electron chi connectivity index (χ0n) is 16.7. The van der Waals surface area contributed by atoms with Crippen LogP contribution in [0.15, 0.2) is 23.3 Å². The average molecular weight is 475 g/mol. The Bertz CT molecular complexity index is 554. The number of hydrogen-bond acceptors (Lipinski definition) is 4. The van der Waals surface area contributed by atoms with Crippen LogP contribution in [0.25, 0.3) is 0 Å². The van der Waals surface area contributed by atoms with E-state index in [1.54, 1.807) is 14.2 Å². The first kappa shape index (κ1) is 23.0. The predicted molar refractivity (Wildman–Crippen MR) is 120 cm³/mol. The zero-order valence-corrected chi connectivity index (χ0v) is 19.0. The third kappa shape index (κ3) is 7.26. The molecule has 6 nitrogen and oxygen atoms in total. The fourth-order valence-corrected chi connectivity index (χ4v) is 2.72. The molecular weight excluding hydrogens is 441 g/mol. The molecule has 2 rings (SSSR count). The van der Waals surface area contributed by atoms with Gasteiger partial charge in [0.25, 0.3) is 0 Å². The van der Waals surface area contributed by atoms with Gasteiger partial charge in [0.05, 0.1) is 5.60 Å². The topological polar surface area (TPSA) is 61.8 Å². The Hall–Kier alpha value is -1.09. The number of ether oxygens (including phenoxy) is 1. The Labute approximate surface area is 175 Å². The van der Waals surface area contributed by atoms with Crippen LogP contribution < -0.4 is 15.5 Å². The summed E-state index contributed by atoms with van der Waals surface area (Å²) < 4.78 is 5.41. The van der Waals surface area contributed by atoms with Crippen LogP contribution >= 0.6 is 24.0 Å². The van der Waals surface area contributed by atoms with Gasteiger partial charge in [0.2, 0.25) is 0 Å². The quantitative estimate of drug-likeness (QED) is 0.377. The summed E-state index contributed by atoms with van der Waals surface area (Å²) >= 11 is 0. The van der Waals surface area contributed by atoms with Crippen LogP contribution in [0.3, 0.4) is 0 Å². The minimum atomic E-state index is -0.229. The summed E-state index contributed by atoms with van der Waals surface area (Å²) in [6, 6.07) is 4.26. The zero-order chi connectivity index (χ0) is 18.3. The summed E-state index contributed by atoms with van der Waals surface area (Å²) in [5.41, 5.74) is 0.912. The van der Waals surface area contributed by atoms with Gasteiger partial charge < -0.3 is 20.3 Å². The van der Waals surface area contributed by atoms with Crippen molar-refractivity contribution in [3.63, 3.8) is 0 Å². The molecule has 0 saturated carbocycles. The van der Waals surface area contributed by atoms with Gasteiger partial charge in [-0.3, -0.25) is 4.99 Å². The molecule has 0 aliphatic carbocycles. The van der Waals surface area contributed by atoms with Crippen molar-refractivity contribution in [1.82, 2.24) is 15.6 Å². The van der Waals surface area contributed by atoms with E-state index in [2.05, 4.69) is 44.6 Å². The number of aromatic nitrogens is 1. The molecule has 0 unspecified atom stereocenters. The molecule has 1 saturated heterocycles. The lowest BCUT2D eigenvalue weighted by Crippen LogP contribution is -2.45. The Balaban J connectivity index is 0.00000338. The van der Waals surface area contributed by atoms with Crippen LogP contribution in [0, 0.1) is 5.92 Å². The Morgan fingerprint density at radius 1 is 1.31 bits per heavy atom. The van der Waals surface area contributed by atoms with Gasteiger partial charge >= 0.3 is 0 Å². The van der Waals surface area contributed by atoms with Crippen molar-refractivity contribution >= 4 is 35.8 Å². The summed E-state index contributed by atoms with van der Waals surface area (Å²) in [5.74, 6) is 2.68. The van der Waals surface area contributed by atoms with E-state index in [0.717, 1.165) is 36.3 Å². The lowest BCUT2D eigenvalue weighted by atomic mass is 9.99. The molecular formula is C19H34IN5O. The van der Waals surface area contributed by atoms with Crippen molar-refractivity contribution < 1.29 is 4.74 Å². The smallest absolute Gasteiger partial charge is 0.191 e. The SMILES string of the molecule is CN=C(NCc1ccc(N2CCC(C)CC2)nc1)NCC(C)(C)OC.I. The number of piperidine rings is 1. The molecule has 0 spiro atoms. The molecule has 2 N–H and O–H groups in total. The second kappa shape index (κ2) is 10.9. The lowest BCUT2D eigenvalue weighted by Gasteiger charge is -2.31. The van der Waals surface area contributed by atoms with E-state index >= 15 is 0 Å². The number of anilines is 1. The third-order valence-corrected chi connectivity index (χ3v) is 4.83. The molecule has 26 heavy (non-hydrogen) atoms. The monoisotopic (exact) mass is 475 g/mol. The van der Waals surface area contributed by atoms with E-state index in [4.69, 9.17) is 4.74 Å². The number of hydrogen-bond donors (Lipinski definition) is 2. The molecule has 0 atom stereocenters. The largest absolute Gasteiger partial charge is 0.377 e. The van der Waals surface area contributed by atoms with E-state index in [0.29, 0.717) is 13.1 Å². The molecule has 0 radical (unpaired) electrons. The van der Waals surface area contributed by atoms with Crippen LogP contribution in [-0.2, 0) is 11.3 Å². The maximum Gasteiger partial charge on any atom is 0.191 e. The predicted octanol–water partition coefficient (Wildman–Crippen LogP) is 3.03. The highest BCUT2D eigenvalue weighted by Crippen LogP contribution is 2.21. The highest BCUT2D eigenvalue weighted by Gasteiger charge is 2.17. The molecule has 1 aromatic heterocycles. The molecule has 7 heteroatoms. The van der Waals surface area contributed by atoms with E-state index in [9.17, 15) is 0 Å². The fraction of sp³-hybridized carbons (Fsp3) is 0.684. The van der Waals surface area contributed by atoms with E-state index in [1.807, 2.05) is 20.0 Å². The number of methoxy groups -OCH3 is 1. The number of guanidine groups is 1. The van der Waals surface area contributed by atoms with E-state index < -0.39 is 0 Å². The maximum absolute atomic E-state index is 5.41. The number of pyridine rings is 1. The molecule has 0 amide bonds. The van der Waals surface area contributed by atoms with E-state index in [1.165, 1.54) is 12.8 Å². The lowest BCUT2D eigenvalue weighted by molar-refractivity contribution is 0.0268. The van der Waals surface area contributed by atoms with Crippen molar-refractivity contribution in [1.29, 1.82) is 0 Å². The first-order valence-corrected chi connectivity index (χ1v) is 9.13. The molecule has 0 aromatic carbocycles. The van der Waals surface area contributed by atoms with Crippen molar-refractivity contribution in [2.45, 2.75) is 45.8 Å². The van der Waals surface area contributed by atoms with Gasteiger partial charge in [0.1, 0.15) is 5.82 Å². The van der Waals surface area contributed by atoms with Crippen LogP contribution in [0.1, 0.15) is 39.2 Å². The second-order valence-corrected chi connectivity index (χ2v) is 7.44. The summed E-state index contributed by atoms with van der Waals surface area (Å²) in [7, 11) is 3.49. The minimum Gasteiger partial charge on any atom is -0.377 e. The molecule has 1 aliphatic rings. The van der Waals surface area contributed by atoms with Crippen molar-refractivity contribution in [3.8, 4) is 0 Å². The van der Waals surface area contributed by atoms with Crippen molar-refractivity contribution in [2.75, 3.05) is 38.7 Å². The average Bonchev–Trinajstić information content (AvgIpc) is 2.63. The number of rotatable bonds is 6. The fourth-order valence-electron chi connectivity index (χ4n) is 2.72.